The topological polar surface area (TPSA) is 53.0 Å². The molecule has 0 amide bonds. The number of morpholine rings is 1. The standard InChI is InChI=1S/C20H30N2O3S/c1-6-26-18-17(19(23)24)15(2)14-16(21-10-12-25-13-11-21)22(18)9-7-8-20(3,4)5/h14,18H,6,9-13H2,1-5H3,(H,23,24). The van der Waals surface area contributed by atoms with Crippen molar-refractivity contribution in [3.05, 3.63) is 23.0 Å². The van der Waals surface area contributed by atoms with Gasteiger partial charge in [-0.1, -0.05) is 18.8 Å². The molecule has 6 heteroatoms. The maximum atomic E-state index is 11.9. The molecule has 1 fully saturated rings. The van der Waals surface area contributed by atoms with E-state index in [1.54, 1.807) is 11.8 Å². The summed E-state index contributed by atoms with van der Waals surface area (Å²) in [6.45, 7) is 13.7. The van der Waals surface area contributed by atoms with E-state index in [1.807, 2.05) is 13.0 Å². The fraction of sp³-hybridized carbons (Fsp3) is 0.650. The van der Waals surface area contributed by atoms with Crippen molar-refractivity contribution in [1.82, 2.24) is 9.80 Å². The minimum Gasteiger partial charge on any atom is -0.478 e. The molecule has 0 saturated carbocycles. The van der Waals surface area contributed by atoms with Crippen LogP contribution < -0.4 is 0 Å². The first-order valence-electron chi connectivity index (χ1n) is 9.11. The largest absolute Gasteiger partial charge is 0.478 e. The van der Waals surface area contributed by atoms with Crippen molar-refractivity contribution in [2.45, 2.75) is 40.0 Å². The van der Waals surface area contributed by atoms with Crippen LogP contribution in [0.15, 0.2) is 23.0 Å². The summed E-state index contributed by atoms with van der Waals surface area (Å²) in [6, 6.07) is 0. The fourth-order valence-electron chi connectivity index (χ4n) is 3.05. The molecule has 1 saturated heterocycles. The molecule has 2 rings (SSSR count). The van der Waals surface area contributed by atoms with E-state index in [-0.39, 0.29) is 10.8 Å². The number of carbonyl (C=O) groups is 1. The Kier molecular flexibility index (Phi) is 7.08. The molecule has 5 nitrogen and oxygen atoms in total. The maximum Gasteiger partial charge on any atom is 0.334 e. The van der Waals surface area contributed by atoms with Gasteiger partial charge in [-0.3, -0.25) is 0 Å². The van der Waals surface area contributed by atoms with Crippen LogP contribution in [-0.2, 0) is 9.53 Å². The molecule has 0 aliphatic carbocycles. The molecular weight excluding hydrogens is 348 g/mol. The zero-order valence-corrected chi connectivity index (χ0v) is 17.3. The highest BCUT2D eigenvalue weighted by molar-refractivity contribution is 8.00. The van der Waals surface area contributed by atoms with E-state index in [4.69, 9.17) is 4.74 Å². The van der Waals surface area contributed by atoms with Gasteiger partial charge in [0.15, 0.2) is 0 Å². The van der Waals surface area contributed by atoms with Crippen LogP contribution in [0.3, 0.4) is 0 Å². The minimum atomic E-state index is -0.848. The summed E-state index contributed by atoms with van der Waals surface area (Å²) in [7, 11) is 0. The number of rotatable bonds is 5. The van der Waals surface area contributed by atoms with Gasteiger partial charge in [-0.2, -0.15) is 0 Å². The molecular formula is C20H30N2O3S. The lowest BCUT2D eigenvalue weighted by Gasteiger charge is -2.43. The van der Waals surface area contributed by atoms with Gasteiger partial charge in [-0.25, -0.2) is 4.79 Å². The lowest BCUT2D eigenvalue weighted by atomic mass is 9.98. The van der Waals surface area contributed by atoms with E-state index in [1.165, 1.54) is 0 Å². The van der Waals surface area contributed by atoms with Gasteiger partial charge in [-0.15, -0.1) is 11.8 Å². The predicted octanol–water partition coefficient (Wildman–Crippen LogP) is 3.01. The molecule has 2 heterocycles. The number of ether oxygens (including phenoxy) is 1. The third kappa shape index (κ3) is 5.21. The summed E-state index contributed by atoms with van der Waals surface area (Å²) in [4.78, 5) is 16.3. The highest BCUT2D eigenvalue weighted by Crippen LogP contribution is 2.35. The monoisotopic (exact) mass is 378 g/mol. The number of hydrogen-bond acceptors (Lipinski definition) is 5. The molecule has 1 N–H and O–H groups in total. The van der Waals surface area contributed by atoms with Gasteiger partial charge in [0, 0.05) is 18.5 Å². The van der Waals surface area contributed by atoms with Crippen LogP contribution >= 0.6 is 11.8 Å². The molecule has 26 heavy (non-hydrogen) atoms. The van der Waals surface area contributed by atoms with E-state index in [2.05, 4.69) is 49.3 Å². The molecule has 144 valence electrons. The third-order valence-corrected chi connectivity index (χ3v) is 5.34. The van der Waals surface area contributed by atoms with Crippen LogP contribution in [0.4, 0.5) is 0 Å². The van der Waals surface area contributed by atoms with E-state index in [0.29, 0.717) is 25.3 Å². The van der Waals surface area contributed by atoms with Crippen molar-refractivity contribution in [1.29, 1.82) is 0 Å². The fourth-order valence-corrected chi connectivity index (χ4v) is 4.18. The summed E-state index contributed by atoms with van der Waals surface area (Å²) >= 11 is 1.65. The number of carboxylic acids is 1. The van der Waals surface area contributed by atoms with E-state index in [0.717, 1.165) is 30.2 Å². The highest BCUT2D eigenvalue weighted by atomic mass is 32.2. The van der Waals surface area contributed by atoms with E-state index < -0.39 is 5.97 Å². The second kappa shape index (κ2) is 8.88. The first-order chi connectivity index (χ1) is 12.2. The summed E-state index contributed by atoms with van der Waals surface area (Å²) in [5, 5.41) is 9.55. The van der Waals surface area contributed by atoms with Crippen molar-refractivity contribution in [2.24, 2.45) is 5.41 Å². The Morgan fingerprint density at radius 3 is 2.58 bits per heavy atom. The Morgan fingerprint density at radius 1 is 1.38 bits per heavy atom. The van der Waals surface area contributed by atoms with Gasteiger partial charge in [0.1, 0.15) is 11.2 Å². The number of carboxylic acid groups (broad SMARTS) is 1. The molecule has 1 atom stereocenters. The Hall–Kier alpha value is -1.58. The van der Waals surface area contributed by atoms with Gasteiger partial charge in [0.05, 0.1) is 25.3 Å². The average molecular weight is 379 g/mol. The van der Waals surface area contributed by atoms with Crippen LogP contribution in [0.1, 0.15) is 34.6 Å². The quantitative estimate of drug-likeness (QED) is 0.742. The average Bonchev–Trinajstić information content (AvgIpc) is 2.56. The summed E-state index contributed by atoms with van der Waals surface area (Å²) in [5.74, 6) is 7.60. The predicted molar refractivity (Wildman–Crippen MR) is 107 cm³/mol. The number of allylic oxidation sites excluding steroid dienone is 2. The SMILES string of the molecule is CCSC1C(C(=O)O)=C(C)C=C(N2CCOCC2)N1CC#CC(C)(C)C. The number of aliphatic carboxylic acids is 1. The van der Waals surface area contributed by atoms with Crippen LogP contribution in [0.5, 0.6) is 0 Å². The zero-order valence-electron chi connectivity index (χ0n) is 16.5. The van der Waals surface area contributed by atoms with Gasteiger partial charge in [-0.05, 0) is 45.1 Å². The number of nitrogens with zero attached hydrogens (tertiary/aromatic N) is 2. The summed E-state index contributed by atoms with van der Waals surface area (Å²) in [6.07, 6.45) is 2.00. The number of hydrogen-bond donors (Lipinski definition) is 1. The lowest BCUT2D eigenvalue weighted by molar-refractivity contribution is -0.133. The normalized spacial score (nSPS) is 21.3. The number of thioether (sulfide) groups is 1. The van der Waals surface area contributed by atoms with E-state index >= 15 is 0 Å². The molecule has 2 aliphatic heterocycles. The molecule has 0 aromatic heterocycles. The first-order valence-corrected chi connectivity index (χ1v) is 10.2. The van der Waals surface area contributed by atoms with Crippen molar-refractivity contribution >= 4 is 17.7 Å². The second-order valence-corrected chi connectivity index (χ2v) is 8.85. The highest BCUT2D eigenvalue weighted by Gasteiger charge is 2.35. The van der Waals surface area contributed by atoms with Crippen molar-refractivity contribution < 1.29 is 14.6 Å². The van der Waals surface area contributed by atoms with Crippen LogP contribution in [0.25, 0.3) is 0 Å². The van der Waals surface area contributed by atoms with Crippen LogP contribution in [-0.4, -0.2) is 64.9 Å². The van der Waals surface area contributed by atoms with Gasteiger partial charge in [0.2, 0.25) is 0 Å². The van der Waals surface area contributed by atoms with Crippen LogP contribution in [0, 0.1) is 17.3 Å². The van der Waals surface area contributed by atoms with Crippen molar-refractivity contribution in [3.63, 3.8) is 0 Å². The third-order valence-electron chi connectivity index (χ3n) is 4.20. The Bertz CT molecular complexity index is 646. The molecule has 0 spiro atoms. The molecule has 0 aromatic carbocycles. The van der Waals surface area contributed by atoms with Gasteiger partial charge < -0.3 is 19.6 Å². The zero-order chi connectivity index (χ0) is 19.3. The maximum absolute atomic E-state index is 11.9. The Labute approximate surface area is 161 Å². The summed E-state index contributed by atoms with van der Waals surface area (Å²) < 4.78 is 5.49. The summed E-state index contributed by atoms with van der Waals surface area (Å²) in [5.41, 5.74) is 1.21. The Morgan fingerprint density at radius 2 is 2.04 bits per heavy atom. The van der Waals surface area contributed by atoms with Crippen molar-refractivity contribution in [2.75, 3.05) is 38.6 Å². The molecule has 0 bridgehead atoms. The lowest BCUT2D eigenvalue weighted by Crippen LogP contribution is -2.48. The smallest absolute Gasteiger partial charge is 0.334 e. The molecule has 0 radical (unpaired) electrons. The molecule has 2 aliphatic rings. The van der Waals surface area contributed by atoms with E-state index in [9.17, 15) is 9.90 Å². The van der Waals surface area contributed by atoms with Gasteiger partial charge in [0.25, 0.3) is 0 Å². The van der Waals surface area contributed by atoms with Crippen molar-refractivity contribution in [3.8, 4) is 11.8 Å². The molecule has 0 aromatic rings. The first kappa shape index (κ1) is 20.7. The van der Waals surface area contributed by atoms with Crippen LogP contribution in [0.2, 0.25) is 0 Å². The molecule has 1 unspecified atom stereocenters. The minimum absolute atomic E-state index is 0.0760. The second-order valence-electron chi connectivity index (χ2n) is 7.49. The Balaban J connectivity index is 2.42. The van der Waals surface area contributed by atoms with Gasteiger partial charge >= 0.3 is 5.97 Å².